The molecule has 0 rings (SSSR count). The molecule has 0 aromatic heterocycles. The summed E-state index contributed by atoms with van der Waals surface area (Å²) in [6.45, 7) is 7.07. The summed E-state index contributed by atoms with van der Waals surface area (Å²) in [6.07, 6.45) is 6.43. The van der Waals surface area contributed by atoms with Crippen molar-refractivity contribution in [3.8, 4) is 0 Å². The molecule has 0 heterocycles. The molecule has 0 heteroatoms. The maximum absolute atomic E-state index is 5.00. The van der Waals surface area contributed by atoms with Gasteiger partial charge in [-0.15, -0.1) is 0 Å². The number of hydrogen-bond acceptors (Lipinski definition) is 0. The molecule has 0 bridgehead atoms. The van der Waals surface area contributed by atoms with Gasteiger partial charge in [-0.2, -0.15) is 0 Å². The summed E-state index contributed by atoms with van der Waals surface area (Å²) in [7, 11) is 0. The highest BCUT2D eigenvalue weighted by atomic mass is 13.6. The highest BCUT2D eigenvalue weighted by molar-refractivity contribution is 4.94. The van der Waals surface area contributed by atoms with Gasteiger partial charge in [0.25, 0.3) is 0 Å². The molecule has 0 aliphatic rings. The summed E-state index contributed by atoms with van der Waals surface area (Å²) in [4.78, 5) is 0. The maximum Gasteiger partial charge on any atom is -0.0376 e. The van der Waals surface area contributed by atoms with E-state index in [1.807, 2.05) is 12.2 Å². The van der Waals surface area contributed by atoms with E-state index >= 15 is 0 Å². The standard InChI is InChI=1S/C6H9/c1-3-5-6-4-2/h1,3,5-6H,4H2,2H3/b3-1?,6-5+. The Morgan fingerprint density at radius 3 is 2.50 bits per heavy atom. The molecule has 0 aliphatic carbocycles. The van der Waals surface area contributed by atoms with Crippen LogP contribution < -0.4 is 0 Å². The number of hydrogen-bond donors (Lipinski definition) is 0. The normalized spacial score (nSPS) is 9.50. The predicted octanol–water partition coefficient (Wildman–Crippen LogP) is 1.94. The third-order valence-electron chi connectivity index (χ3n) is 0.483. The van der Waals surface area contributed by atoms with Crippen molar-refractivity contribution < 1.29 is 0 Å². The van der Waals surface area contributed by atoms with E-state index in [0.717, 1.165) is 6.42 Å². The third-order valence-corrected chi connectivity index (χ3v) is 0.483. The third kappa shape index (κ3) is 3.48. The molecule has 0 saturated heterocycles. The monoisotopic (exact) mass is 81.1 g/mol. The summed E-state index contributed by atoms with van der Waals surface area (Å²) in [5, 5.41) is 0. The molecular weight excluding hydrogens is 72.1 g/mol. The topological polar surface area (TPSA) is 0 Å². The Hall–Kier alpha value is -0.520. The van der Waals surface area contributed by atoms with Crippen LogP contribution in [0.15, 0.2) is 18.2 Å². The molecule has 0 aromatic rings. The molecule has 0 fully saturated rings. The van der Waals surface area contributed by atoms with Crippen molar-refractivity contribution in [3.63, 3.8) is 0 Å². The van der Waals surface area contributed by atoms with Gasteiger partial charge in [0.05, 0.1) is 0 Å². The molecule has 0 amide bonds. The molecule has 0 unspecified atom stereocenters. The van der Waals surface area contributed by atoms with Crippen LogP contribution in [0, 0.1) is 6.58 Å². The van der Waals surface area contributed by atoms with Crippen LogP contribution in [0.2, 0.25) is 0 Å². The molecular formula is C6H9. The van der Waals surface area contributed by atoms with Crippen LogP contribution in [0.25, 0.3) is 0 Å². The lowest BCUT2D eigenvalue weighted by molar-refractivity contribution is 1.22. The van der Waals surface area contributed by atoms with E-state index in [0.29, 0.717) is 0 Å². The minimum absolute atomic E-state index is 1.06. The van der Waals surface area contributed by atoms with Gasteiger partial charge < -0.3 is 0 Å². The van der Waals surface area contributed by atoms with Crippen LogP contribution in [0.5, 0.6) is 0 Å². The fourth-order valence-electron chi connectivity index (χ4n) is 0.215. The summed E-state index contributed by atoms with van der Waals surface area (Å²) in [6, 6.07) is 0. The van der Waals surface area contributed by atoms with E-state index in [4.69, 9.17) is 6.58 Å². The quantitative estimate of drug-likeness (QED) is 0.445. The Kier molecular flexibility index (Phi) is 4.09. The highest BCUT2D eigenvalue weighted by Crippen LogP contribution is 1.76. The molecule has 0 N–H and O–H groups in total. The molecule has 0 atom stereocenters. The Bertz CT molecular complexity index is 51.1. The van der Waals surface area contributed by atoms with Crippen LogP contribution in [-0.2, 0) is 0 Å². The van der Waals surface area contributed by atoms with Gasteiger partial charge in [0, 0.05) is 0 Å². The van der Waals surface area contributed by atoms with Crippen LogP contribution in [0.4, 0.5) is 0 Å². The van der Waals surface area contributed by atoms with Crippen LogP contribution >= 0.6 is 0 Å². The summed E-state index contributed by atoms with van der Waals surface area (Å²) < 4.78 is 0. The van der Waals surface area contributed by atoms with Crippen molar-refractivity contribution in [2.24, 2.45) is 0 Å². The van der Waals surface area contributed by atoms with E-state index in [2.05, 4.69) is 6.92 Å². The van der Waals surface area contributed by atoms with Crippen LogP contribution in [0.3, 0.4) is 0 Å². The summed E-state index contributed by atoms with van der Waals surface area (Å²) in [5.41, 5.74) is 0. The summed E-state index contributed by atoms with van der Waals surface area (Å²) >= 11 is 0. The zero-order valence-electron chi connectivity index (χ0n) is 4.02. The van der Waals surface area contributed by atoms with Crippen molar-refractivity contribution in [3.05, 3.63) is 24.8 Å². The maximum atomic E-state index is 5.00. The smallest absolute Gasteiger partial charge is 0.0376 e. The predicted molar refractivity (Wildman–Crippen MR) is 28.3 cm³/mol. The summed E-state index contributed by atoms with van der Waals surface area (Å²) in [5.74, 6) is 0. The van der Waals surface area contributed by atoms with E-state index < -0.39 is 0 Å². The minimum Gasteiger partial charge on any atom is -0.0848 e. The van der Waals surface area contributed by atoms with Gasteiger partial charge in [-0.1, -0.05) is 31.7 Å². The Balaban J connectivity index is 2.94. The first-order chi connectivity index (χ1) is 2.91. The lowest BCUT2D eigenvalue weighted by Crippen LogP contribution is -1.46. The van der Waals surface area contributed by atoms with Gasteiger partial charge in [0.15, 0.2) is 0 Å². The van der Waals surface area contributed by atoms with Crippen molar-refractivity contribution in [2.75, 3.05) is 0 Å². The fraction of sp³-hybridized carbons (Fsp3) is 0.333. The van der Waals surface area contributed by atoms with Gasteiger partial charge in [-0.3, -0.25) is 0 Å². The van der Waals surface area contributed by atoms with Gasteiger partial charge in [0.2, 0.25) is 0 Å². The van der Waals surface area contributed by atoms with Gasteiger partial charge in [-0.05, 0) is 6.42 Å². The van der Waals surface area contributed by atoms with E-state index in [-0.39, 0.29) is 0 Å². The second-order valence-electron chi connectivity index (χ2n) is 1.03. The average molecular weight is 81.1 g/mol. The Labute approximate surface area is 39.2 Å². The minimum atomic E-state index is 1.06. The van der Waals surface area contributed by atoms with Crippen molar-refractivity contribution in [2.45, 2.75) is 13.3 Å². The molecule has 0 aliphatic heterocycles. The van der Waals surface area contributed by atoms with Crippen molar-refractivity contribution >= 4 is 0 Å². The Morgan fingerprint density at radius 1 is 1.67 bits per heavy atom. The molecule has 6 heavy (non-hydrogen) atoms. The first kappa shape index (κ1) is 5.48. The molecule has 0 aromatic carbocycles. The molecule has 1 radical (unpaired) electrons. The van der Waals surface area contributed by atoms with E-state index in [1.54, 1.807) is 0 Å². The zero-order chi connectivity index (χ0) is 4.83. The largest absolute Gasteiger partial charge is 0.0848 e. The van der Waals surface area contributed by atoms with Crippen molar-refractivity contribution in [1.29, 1.82) is 0 Å². The number of rotatable bonds is 2. The molecule has 0 spiro atoms. The first-order valence-corrected chi connectivity index (χ1v) is 2.12. The first-order valence-electron chi connectivity index (χ1n) is 2.12. The Morgan fingerprint density at radius 2 is 2.33 bits per heavy atom. The van der Waals surface area contributed by atoms with Crippen LogP contribution in [0.1, 0.15) is 13.3 Å². The lowest BCUT2D eigenvalue weighted by atomic mass is 10.4. The van der Waals surface area contributed by atoms with Gasteiger partial charge in [0.1, 0.15) is 0 Å². The van der Waals surface area contributed by atoms with E-state index in [1.165, 1.54) is 6.08 Å². The fourth-order valence-corrected chi connectivity index (χ4v) is 0.215. The lowest BCUT2D eigenvalue weighted by Gasteiger charge is -1.67. The van der Waals surface area contributed by atoms with Gasteiger partial charge in [-0.25, -0.2) is 0 Å². The second-order valence-corrected chi connectivity index (χ2v) is 1.03. The average Bonchev–Trinajstić information content (AvgIpc) is 1.61. The van der Waals surface area contributed by atoms with Gasteiger partial charge >= 0.3 is 0 Å². The SMILES string of the molecule is [CH]=C/C=C/CC. The van der Waals surface area contributed by atoms with Crippen molar-refractivity contribution in [1.82, 2.24) is 0 Å². The molecule has 0 nitrogen and oxygen atoms in total. The number of allylic oxidation sites excluding steroid dienone is 3. The molecule has 33 valence electrons. The van der Waals surface area contributed by atoms with Crippen LogP contribution in [-0.4, -0.2) is 0 Å². The second kappa shape index (κ2) is 4.48. The zero-order valence-corrected chi connectivity index (χ0v) is 4.02. The highest BCUT2D eigenvalue weighted by Gasteiger charge is 1.55. The van der Waals surface area contributed by atoms with E-state index in [9.17, 15) is 0 Å². The molecule has 0 saturated carbocycles.